The number of carbonyl (C=O) groups is 1. The van der Waals surface area contributed by atoms with Crippen LogP contribution in [0, 0.1) is 5.92 Å². The Morgan fingerprint density at radius 3 is 2.32 bits per heavy atom. The van der Waals surface area contributed by atoms with Gasteiger partial charge in [-0.2, -0.15) is 0 Å². The summed E-state index contributed by atoms with van der Waals surface area (Å²) in [4.78, 5) is 11.0. The molecule has 0 saturated carbocycles. The van der Waals surface area contributed by atoms with Gasteiger partial charge in [-0.05, 0) is 49.3 Å². The minimum atomic E-state index is -3.06. The molecule has 2 rings (SSSR count). The van der Waals surface area contributed by atoms with Crippen molar-refractivity contribution in [1.82, 2.24) is 4.31 Å². The number of sulfonamides is 1. The second kappa shape index (κ2) is 7.24. The minimum absolute atomic E-state index is 0.242. The summed E-state index contributed by atoms with van der Waals surface area (Å²) in [6, 6.07) is 7.36. The zero-order chi connectivity index (χ0) is 16.2. The average molecular weight is 324 g/mol. The number of hydrogen-bond donors (Lipinski definition) is 1. The van der Waals surface area contributed by atoms with Crippen LogP contribution in [0.15, 0.2) is 24.3 Å². The highest BCUT2D eigenvalue weighted by Gasteiger charge is 2.27. The first-order chi connectivity index (χ1) is 10.4. The maximum absolute atomic E-state index is 12.0. The molecule has 0 bridgehead atoms. The van der Waals surface area contributed by atoms with Crippen LogP contribution in [-0.2, 0) is 16.4 Å². The molecule has 1 saturated heterocycles. The fourth-order valence-corrected chi connectivity index (χ4v) is 4.46. The fourth-order valence-electron chi connectivity index (χ4n) is 2.92. The van der Waals surface area contributed by atoms with Crippen molar-refractivity contribution in [3.8, 4) is 0 Å². The topological polar surface area (TPSA) is 80.5 Å². The molecule has 1 aromatic carbocycles. The van der Waals surface area contributed by atoms with Gasteiger partial charge in [0.2, 0.25) is 15.9 Å². The molecule has 5 nitrogen and oxygen atoms in total. The van der Waals surface area contributed by atoms with E-state index in [9.17, 15) is 13.2 Å². The van der Waals surface area contributed by atoms with Gasteiger partial charge in [0.1, 0.15) is 0 Å². The summed E-state index contributed by atoms with van der Waals surface area (Å²) in [5.74, 6) is 0.320. The first-order valence-electron chi connectivity index (χ1n) is 7.79. The normalized spacial score (nSPS) is 17.5. The maximum Gasteiger partial charge on any atom is 0.248 e. The molecule has 1 amide bonds. The van der Waals surface area contributed by atoms with Crippen molar-refractivity contribution in [2.45, 2.75) is 32.6 Å². The predicted octanol–water partition coefficient (Wildman–Crippen LogP) is 1.78. The van der Waals surface area contributed by atoms with Gasteiger partial charge in [-0.3, -0.25) is 4.79 Å². The largest absolute Gasteiger partial charge is 0.366 e. The fraction of sp³-hybridized carbons (Fsp3) is 0.562. The Morgan fingerprint density at radius 2 is 1.82 bits per heavy atom. The number of nitrogens with zero attached hydrogens (tertiary/aromatic N) is 1. The van der Waals surface area contributed by atoms with Crippen molar-refractivity contribution in [2.24, 2.45) is 11.7 Å². The maximum atomic E-state index is 12.0. The minimum Gasteiger partial charge on any atom is -0.366 e. The summed E-state index contributed by atoms with van der Waals surface area (Å²) < 4.78 is 25.7. The molecule has 1 aliphatic heterocycles. The lowest BCUT2D eigenvalue weighted by Gasteiger charge is -2.31. The summed E-state index contributed by atoms with van der Waals surface area (Å²) in [6.07, 6.45) is 3.36. The van der Waals surface area contributed by atoms with Crippen LogP contribution in [0.5, 0.6) is 0 Å². The van der Waals surface area contributed by atoms with Gasteiger partial charge in [0.05, 0.1) is 5.75 Å². The molecule has 6 heteroatoms. The first-order valence-corrected chi connectivity index (χ1v) is 9.40. The average Bonchev–Trinajstić information content (AvgIpc) is 2.48. The van der Waals surface area contributed by atoms with E-state index in [1.807, 2.05) is 19.1 Å². The number of nitrogens with two attached hydrogens (primary N) is 1. The van der Waals surface area contributed by atoms with E-state index in [1.165, 1.54) is 5.56 Å². The zero-order valence-electron chi connectivity index (χ0n) is 13.0. The highest BCUT2D eigenvalue weighted by molar-refractivity contribution is 7.89. The molecule has 22 heavy (non-hydrogen) atoms. The van der Waals surface area contributed by atoms with E-state index in [4.69, 9.17) is 5.73 Å². The summed E-state index contributed by atoms with van der Waals surface area (Å²) >= 11 is 0. The molecule has 0 spiro atoms. The Balaban J connectivity index is 1.88. The number of hydrogen-bond acceptors (Lipinski definition) is 3. The van der Waals surface area contributed by atoms with Gasteiger partial charge in [-0.15, -0.1) is 0 Å². The Bertz CT molecular complexity index is 603. The van der Waals surface area contributed by atoms with Crippen molar-refractivity contribution in [3.63, 3.8) is 0 Å². The predicted molar refractivity (Wildman–Crippen MR) is 87.0 cm³/mol. The molecule has 1 fully saturated rings. The number of carbonyl (C=O) groups excluding carboxylic acids is 1. The third-order valence-corrected chi connectivity index (χ3v) is 6.27. The molecule has 2 N–H and O–H groups in total. The van der Waals surface area contributed by atoms with Crippen LogP contribution in [-0.4, -0.2) is 37.5 Å². The van der Waals surface area contributed by atoms with Gasteiger partial charge < -0.3 is 5.73 Å². The van der Waals surface area contributed by atoms with Crippen LogP contribution in [0.3, 0.4) is 0 Å². The van der Waals surface area contributed by atoms with Gasteiger partial charge in [0, 0.05) is 18.7 Å². The van der Waals surface area contributed by atoms with Crippen molar-refractivity contribution in [1.29, 1.82) is 0 Å². The molecular weight excluding hydrogens is 300 g/mol. The van der Waals surface area contributed by atoms with Crippen molar-refractivity contribution in [3.05, 3.63) is 35.4 Å². The molecule has 1 heterocycles. The Kier molecular flexibility index (Phi) is 5.58. The Hall–Kier alpha value is -1.40. The molecule has 0 aromatic heterocycles. The smallest absolute Gasteiger partial charge is 0.248 e. The second-order valence-corrected chi connectivity index (χ2v) is 8.01. The summed E-state index contributed by atoms with van der Waals surface area (Å²) in [7, 11) is -3.06. The Morgan fingerprint density at radius 1 is 1.23 bits per heavy atom. The number of rotatable bonds is 6. The SMILES string of the molecule is CCCS(=O)(=O)N1CCC(Cc2ccc(C(N)=O)cc2)CC1. The molecule has 0 radical (unpaired) electrons. The van der Waals surface area contributed by atoms with Gasteiger partial charge in [0.15, 0.2) is 0 Å². The van der Waals surface area contributed by atoms with Crippen LogP contribution in [0.25, 0.3) is 0 Å². The molecule has 1 aliphatic rings. The number of primary amides is 1. The van der Waals surface area contributed by atoms with E-state index in [1.54, 1.807) is 16.4 Å². The number of piperidine rings is 1. The lowest BCUT2D eigenvalue weighted by Crippen LogP contribution is -2.40. The molecular formula is C16H24N2O3S. The third kappa shape index (κ3) is 4.30. The molecule has 0 aliphatic carbocycles. The highest BCUT2D eigenvalue weighted by atomic mass is 32.2. The van der Waals surface area contributed by atoms with E-state index < -0.39 is 15.9 Å². The van der Waals surface area contributed by atoms with Crippen molar-refractivity contribution >= 4 is 15.9 Å². The van der Waals surface area contributed by atoms with Gasteiger partial charge in [-0.1, -0.05) is 19.1 Å². The van der Waals surface area contributed by atoms with Crippen LogP contribution in [0.2, 0.25) is 0 Å². The van der Waals surface area contributed by atoms with Crippen LogP contribution in [0.4, 0.5) is 0 Å². The Labute approximate surface area is 132 Å². The van der Waals surface area contributed by atoms with Gasteiger partial charge in [-0.25, -0.2) is 12.7 Å². The highest BCUT2D eigenvalue weighted by Crippen LogP contribution is 2.23. The van der Waals surface area contributed by atoms with E-state index in [-0.39, 0.29) is 5.75 Å². The lowest BCUT2D eigenvalue weighted by molar-refractivity contribution is 0.100. The third-order valence-electron chi connectivity index (χ3n) is 4.19. The molecule has 1 aromatic rings. The van der Waals surface area contributed by atoms with Crippen molar-refractivity contribution < 1.29 is 13.2 Å². The summed E-state index contributed by atoms with van der Waals surface area (Å²) in [5, 5.41) is 0. The van der Waals surface area contributed by atoms with Crippen LogP contribution in [0.1, 0.15) is 42.1 Å². The standard InChI is InChI=1S/C16H24N2O3S/c1-2-11-22(20,21)18-9-7-14(8-10-18)12-13-3-5-15(6-4-13)16(17)19/h3-6,14H,2,7-12H2,1H3,(H2,17,19). The van der Waals surface area contributed by atoms with E-state index in [2.05, 4.69) is 0 Å². The molecule has 122 valence electrons. The molecule has 0 atom stereocenters. The van der Waals surface area contributed by atoms with Crippen LogP contribution < -0.4 is 5.73 Å². The molecule has 0 unspecified atom stereocenters. The monoisotopic (exact) mass is 324 g/mol. The van der Waals surface area contributed by atoms with Crippen LogP contribution >= 0.6 is 0 Å². The summed E-state index contributed by atoms with van der Waals surface area (Å²) in [6.45, 7) is 3.12. The quantitative estimate of drug-likeness (QED) is 0.866. The number of benzene rings is 1. The zero-order valence-corrected chi connectivity index (χ0v) is 13.8. The summed E-state index contributed by atoms with van der Waals surface area (Å²) in [5.41, 5.74) is 6.91. The van der Waals surface area contributed by atoms with E-state index in [0.29, 0.717) is 31.0 Å². The van der Waals surface area contributed by atoms with E-state index in [0.717, 1.165) is 19.3 Å². The van der Waals surface area contributed by atoms with Gasteiger partial charge in [0.25, 0.3) is 0 Å². The second-order valence-electron chi connectivity index (χ2n) is 5.92. The van der Waals surface area contributed by atoms with Gasteiger partial charge >= 0.3 is 0 Å². The van der Waals surface area contributed by atoms with Crippen molar-refractivity contribution in [2.75, 3.05) is 18.8 Å². The number of amides is 1. The lowest BCUT2D eigenvalue weighted by atomic mass is 9.91. The first kappa shape index (κ1) is 17.0. The van der Waals surface area contributed by atoms with E-state index >= 15 is 0 Å².